The molecule has 2 atom stereocenters. The first-order valence-electron chi connectivity index (χ1n) is 9.78. The van der Waals surface area contributed by atoms with E-state index in [4.69, 9.17) is 9.47 Å². The van der Waals surface area contributed by atoms with Gasteiger partial charge in [0.2, 0.25) is 0 Å². The second-order valence-electron chi connectivity index (χ2n) is 7.49. The highest BCUT2D eigenvalue weighted by molar-refractivity contribution is 9.11. The van der Waals surface area contributed by atoms with E-state index in [-0.39, 0.29) is 12.4 Å². The SMILES string of the molecule is COC(=O)Cc1ccc(C)c(OCCN2C(C)CN(c3ncc(Br)s3)CC2C)c1. The van der Waals surface area contributed by atoms with Crippen molar-refractivity contribution in [3.8, 4) is 5.75 Å². The molecule has 1 aliphatic heterocycles. The summed E-state index contributed by atoms with van der Waals surface area (Å²) in [5.74, 6) is 0.588. The number of carbonyl (C=O) groups excluding carboxylic acids is 1. The van der Waals surface area contributed by atoms with Gasteiger partial charge in [-0.1, -0.05) is 23.5 Å². The highest BCUT2D eigenvalue weighted by atomic mass is 79.9. The van der Waals surface area contributed by atoms with Crippen molar-refractivity contribution >= 4 is 38.4 Å². The van der Waals surface area contributed by atoms with Crippen LogP contribution in [0.1, 0.15) is 25.0 Å². The number of rotatable bonds is 7. The van der Waals surface area contributed by atoms with Crippen LogP contribution in [0.15, 0.2) is 28.2 Å². The molecule has 0 spiro atoms. The fourth-order valence-electron chi connectivity index (χ4n) is 3.76. The number of aromatic nitrogens is 1. The second kappa shape index (κ2) is 9.91. The predicted molar refractivity (Wildman–Crippen MR) is 120 cm³/mol. The molecule has 1 saturated heterocycles. The number of methoxy groups -OCH3 is 1. The molecule has 0 N–H and O–H groups in total. The van der Waals surface area contributed by atoms with Crippen molar-refractivity contribution < 1.29 is 14.3 Å². The molecule has 8 heteroatoms. The summed E-state index contributed by atoms with van der Waals surface area (Å²) in [5, 5.41) is 1.07. The van der Waals surface area contributed by atoms with Crippen molar-refractivity contribution in [1.82, 2.24) is 9.88 Å². The maximum atomic E-state index is 11.5. The molecule has 2 heterocycles. The van der Waals surface area contributed by atoms with Crippen molar-refractivity contribution in [3.63, 3.8) is 0 Å². The third kappa shape index (κ3) is 5.71. The van der Waals surface area contributed by atoms with E-state index in [1.807, 2.05) is 31.3 Å². The summed E-state index contributed by atoms with van der Waals surface area (Å²) in [6, 6.07) is 6.70. The molecule has 1 aromatic carbocycles. The van der Waals surface area contributed by atoms with Crippen LogP contribution in [0.3, 0.4) is 0 Å². The Hall–Kier alpha value is -1.64. The van der Waals surface area contributed by atoms with Crippen LogP contribution in [0.5, 0.6) is 5.75 Å². The van der Waals surface area contributed by atoms with Crippen LogP contribution in [0.2, 0.25) is 0 Å². The van der Waals surface area contributed by atoms with Crippen molar-refractivity contribution in [2.24, 2.45) is 0 Å². The molecule has 1 aromatic heterocycles. The number of carbonyl (C=O) groups is 1. The maximum absolute atomic E-state index is 11.5. The number of anilines is 1. The number of aryl methyl sites for hydroxylation is 1. The second-order valence-corrected chi connectivity index (χ2v) is 9.88. The fourth-order valence-corrected chi connectivity index (χ4v) is 4.96. The van der Waals surface area contributed by atoms with E-state index >= 15 is 0 Å². The zero-order valence-corrected chi connectivity index (χ0v) is 19.8. The van der Waals surface area contributed by atoms with Gasteiger partial charge in [-0.05, 0) is 53.9 Å². The van der Waals surface area contributed by atoms with Crippen LogP contribution in [0, 0.1) is 6.92 Å². The smallest absolute Gasteiger partial charge is 0.309 e. The van der Waals surface area contributed by atoms with Crippen LogP contribution in [-0.4, -0.2) is 61.3 Å². The number of benzene rings is 1. The number of nitrogens with zero attached hydrogens (tertiary/aromatic N) is 3. The average Bonchev–Trinajstić information content (AvgIpc) is 3.12. The molecule has 1 aliphatic rings. The molecule has 0 amide bonds. The minimum absolute atomic E-state index is 0.243. The van der Waals surface area contributed by atoms with E-state index in [1.54, 1.807) is 11.3 Å². The lowest BCUT2D eigenvalue weighted by Crippen LogP contribution is -2.57. The summed E-state index contributed by atoms with van der Waals surface area (Å²) in [6.07, 6.45) is 2.13. The molecular weight excluding hydrogens is 454 g/mol. The monoisotopic (exact) mass is 481 g/mol. The first-order chi connectivity index (χ1) is 13.9. The van der Waals surface area contributed by atoms with Gasteiger partial charge in [-0.15, -0.1) is 0 Å². The van der Waals surface area contributed by atoms with Gasteiger partial charge in [0.1, 0.15) is 12.4 Å². The Morgan fingerprint density at radius 3 is 2.66 bits per heavy atom. The highest BCUT2D eigenvalue weighted by Crippen LogP contribution is 2.29. The van der Waals surface area contributed by atoms with E-state index in [0.717, 1.165) is 45.4 Å². The fraction of sp³-hybridized carbons (Fsp3) is 0.524. The molecule has 2 unspecified atom stereocenters. The van der Waals surface area contributed by atoms with Crippen molar-refractivity contribution in [1.29, 1.82) is 0 Å². The van der Waals surface area contributed by atoms with Gasteiger partial charge in [0.05, 0.1) is 23.5 Å². The van der Waals surface area contributed by atoms with Gasteiger partial charge in [-0.2, -0.15) is 0 Å². The molecular formula is C21H28BrN3O3S. The van der Waals surface area contributed by atoms with Gasteiger partial charge in [-0.3, -0.25) is 9.69 Å². The Labute approximate surface area is 184 Å². The number of thiazole rings is 1. The molecule has 0 radical (unpaired) electrons. The van der Waals surface area contributed by atoms with Gasteiger partial charge in [0.15, 0.2) is 5.13 Å². The van der Waals surface area contributed by atoms with Crippen LogP contribution in [0.4, 0.5) is 5.13 Å². The maximum Gasteiger partial charge on any atom is 0.309 e. The standard InChI is InChI=1S/C21H28BrN3O3S/c1-14-5-6-17(10-20(26)27-4)9-18(14)28-8-7-25-15(2)12-24(13-16(25)3)21-23-11-19(22)29-21/h5-6,9,11,15-16H,7-8,10,12-13H2,1-4H3. The molecule has 0 saturated carbocycles. The quantitative estimate of drug-likeness (QED) is 0.558. The average molecular weight is 482 g/mol. The summed E-state index contributed by atoms with van der Waals surface area (Å²) in [7, 11) is 1.41. The Morgan fingerprint density at radius 1 is 1.31 bits per heavy atom. The van der Waals surface area contributed by atoms with Crippen LogP contribution >= 0.6 is 27.3 Å². The lowest BCUT2D eigenvalue weighted by molar-refractivity contribution is -0.139. The van der Waals surface area contributed by atoms with E-state index in [0.29, 0.717) is 18.7 Å². The van der Waals surface area contributed by atoms with Gasteiger partial charge in [0, 0.05) is 31.7 Å². The van der Waals surface area contributed by atoms with E-state index in [2.05, 4.69) is 44.6 Å². The zero-order chi connectivity index (χ0) is 21.0. The zero-order valence-electron chi connectivity index (χ0n) is 17.4. The highest BCUT2D eigenvalue weighted by Gasteiger charge is 2.30. The third-order valence-corrected chi connectivity index (χ3v) is 6.81. The normalized spacial score (nSPS) is 20.0. The molecule has 1 fully saturated rings. The predicted octanol–water partition coefficient (Wildman–Crippen LogP) is 3.91. The van der Waals surface area contributed by atoms with E-state index < -0.39 is 0 Å². The number of esters is 1. The number of hydrogen-bond acceptors (Lipinski definition) is 7. The van der Waals surface area contributed by atoms with Crippen molar-refractivity contribution in [2.75, 3.05) is 38.3 Å². The summed E-state index contributed by atoms with van der Waals surface area (Å²) in [5.41, 5.74) is 1.97. The van der Waals surface area contributed by atoms with E-state index in [9.17, 15) is 4.79 Å². The Morgan fingerprint density at radius 2 is 2.03 bits per heavy atom. The topological polar surface area (TPSA) is 54.9 Å². The minimum Gasteiger partial charge on any atom is -0.492 e. The van der Waals surface area contributed by atoms with Gasteiger partial charge in [-0.25, -0.2) is 4.98 Å². The van der Waals surface area contributed by atoms with Crippen LogP contribution in [-0.2, 0) is 16.0 Å². The minimum atomic E-state index is -0.243. The summed E-state index contributed by atoms with van der Waals surface area (Å²) >= 11 is 5.18. The van der Waals surface area contributed by atoms with Crippen molar-refractivity contribution in [3.05, 3.63) is 39.3 Å². The number of halogens is 1. The number of hydrogen-bond donors (Lipinski definition) is 0. The Bertz CT molecular complexity index is 832. The molecule has 2 aromatic rings. The van der Waals surface area contributed by atoms with Gasteiger partial charge in [0.25, 0.3) is 0 Å². The molecule has 6 nitrogen and oxygen atoms in total. The molecule has 29 heavy (non-hydrogen) atoms. The van der Waals surface area contributed by atoms with Crippen LogP contribution in [0.25, 0.3) is 0 Å². The first kappa shape index (κ1) is 22.1. The summed E-state index contributed by atoms with van der Waals surface area (Å²) in [4.78, 5) is 20.9. The van der Waals surface area contributed by atoms with Crippen LogP contribution < -0.4 is 9.64 Å². The molecule has 3 rings (SSSR count). The molecule has 158 valence electrons. The molecule has 0 aliphatic carbocycles. The largest absolute Gasteiger partial charge is 0.492 e. The Kier molecular flexibility index (Phi) is 7.54. The first-order valence-corrected chi connectivity index (χ1v) is 11.4. The third-order valence-electron chi connectivity index (χ3n) is 5.27. The molecule has 0 bridgehead atoms. The van der Waals surface area contributed by atoms with Gasteiger partial charge < -0.3 is 14.4 Å². The Balaban J connectivity index is 1.55. The lowest BCUT2D eigenvalue weighted by atomic mass is 10.1. The summed E-state index contributed by atoms with van der Waals surface area (Å²) < 4.78 is 11.9. The van der Waals surface area contributed by atoms with Crippen molar-refractivity contribution in [2.45, 2.75) is 39.3 Å². The number of piperazine rings is 1. The number of ether oxygens (including phenoxy) is 2. The lowest BCUT2D eigenvalue weighted by Gasteiger charge is -2.44. The summed E-state index contributed by atoms with van der Waals surface area (Å²) in [6.45, 7) is 9.92. The van der Waals surface area contributed by atoms with E-state index in [1.165, 1.54) is 7.11 Å². The van der Waals surface area contributed by atoms with Gasteiger partial charge >= 0.3 is 5.97 Å².